The first kappa shape index (κ1) is 18.6. The van der Waals surface area contributed by atoms with Gasteiger partial charge >= 0.3 is 0 Å². The number of benzene rings is 1. The van der Waals surface area contributed by atoms with Gasteiger partial charge in [0, 0.05) is 17.3 Å². The molecule has 1 unspecified atom stereocenters. The first-order chi connectivity index (χ1) is 13.6. The predicted molar refractivity (Wildman–Crippen MR) is 111 cm³/mol. The summed E-state index contributed by atoms with van der Waals surface area (Å²) in [6.07, 6.45) is 9.51. The van der Waals surface area contributed by atoms with Crippen LogP contribution < -0.4 is 16.6 Å². The Kier molecular flexibility index (Phi) is 5.38. The van der Waals surface area contributed by atoms with Crippen LogP contribution in [0.3, 0.4) is 0 Å². The molecule has 8 heteroatoms. The Morgan fingerprint density at radius 1 is 1.29 bits per heavy atom. The van der Waals surface area contributed by atoms with Crippen LogP contribution in [0.25, 0.3) is 10.9 Å². The van der Waals surface area contributed by atoms with Gasteiger partial charge in [-0.3, -0.25) is 14.2 Å². The van der Waals surface area contributed by atoms with Gasteiger partial charge in [-0.1, -0.05) is 32.1 Å². The highest BCUT2D eigenvalue weighted by Gasteiger charge is 2.28. The van der Waals surface area contributed by atoms with E-state index in [9.17, 15) is 9.59 Å². The van der Waals surface area contributed by atoms with Crippen LogP contribution in [0.4, 0.5) is 10.8 Å². The van der Waals surface area contributed by atoms with Crippen molar-refractivity contribution in [3.63, 3.8) is 0 Å². The molecule has 0 aliphatic heterocycles. The number of hydrogen-bond acceptors (Lipinski definition) is 6. The van der Waals surface area contributed by atoms with Gasteiger partial charge in [0.1, 0.15) is 6.04 Å². The number of aromatic nitrogens is 3. The lowest BCUT2D eigenvalue weighted by Gasteiger charge is -2.27. The third kappa shape index (κ3) is 3.91. The number of thiazole rings is 1. The highest BCUT2D eigenvalue weighted by Crippen LogP contribution is 2.31. The van der Waals surface area contributed by atoms with Crippen molar-refractivity contribution >= 4 is 39.0 Å². The summed E-state index contributed by atoms with van der Waals surface area (Å²) in [6, 6.07) is 4.41. The third-order valence-corrected chi connectivity index (χ3v) is 6.08. The Morgan fingerprint density at radius 2 is 2.11 bits per heavy atom. The lowest BCUT2D eigenvalue weighted by molar-refractivity contribution is -0.120. The average Bonchev–Trinajstić information content (AvgIpc) is 3.20. The van der Waals surface area contributed by atoms with E-state index in [-0.39, 0.29) is 11.5 Å². The molecule has 7 nitrogen and oxygen atoms in total. The molecule has 146 valence electrons. The number of nitrogen functional groups attached to an aromatic ring is 1. The third-order valence-electron chi connectivity index (χ3n) is 5.39. The number of carbonyl (C=O) groups is 1. The zero-order valence-electron chi connectivity index (χ0n) is 15.5. The summed E-state index contributed by atoms with van der Waals surface area (Å²) in [5.41, 5.74) is 6.67. The molecule has 1 fully saturated rings. The van der Waals surface area contributed by atoms with Crippen LogP contribution in [0.5, 0.6) is 0 Å². The summed E-state index contributed by atoms with van der Waals surface area (Å²) in [7, 11) is 0. The molecule has 1 saturated carbocycles. The van der Waals surface area contributed by atoms with E-state index in [0.717, 1.165) is 12.8 Å². The van der Waals surface area contributed by atoms with Crippen LogP contribution in [-0.2, 0) is 4.79 Å². The summed E-state index contributed by atoms with van der Waals surface area (Å²) in [5.74, 6) is 0.203. The van der Waals surface area contributed by atoms with E-state index in [1.54, 1.807) is 29.8 Å². The van der Waals surface area contributed by atoms with Crippen molar-refractivity contribution in [2.24, 2.45) is 5.92 Å². The Balaban J connectivity index is 1.70. The molecular weight excluding hydrogens is 374 g/mol. The SMILES string of the molecule is Nc1ccc2c(=O)n(C(CC3CCCCC3)C(=O)Nc3nccs3)cnc2c1. The van der Waals surface area contributed by atoms with E-state index in [4.69, 9.17) is 5.73 Å². The topological polar surface area (TPSA) is 103 Å². The van der Waals surface area contributed by atoms with Crippen LogP contribution in [0.2, 0.25) is 0 Å². The second-order valence-corrected chi connectivity index (χ2v) is 8.21. The molecule has 1 atom stereocenters. The van der Waals surface area contributed by atoms with Crippen molar-refractivity contribution in [2.75, 3.05) is 11.1 Å². The second kappa shape index (κ2) is 8.10. The van der Waals surface area contributed by atoms with Crippen LogP contribution in [0.1, 0.15) is 44.6 Å². The Morgan fingerprint density at radius 3 is 2.86 bits per heavy atom. The molecule has 2 aromatic heterocycles. The minimum atomic E-state index is -0.617. The number of nitrogens with two attached hydrogens (primary N) is 1. The molecule has 0 saturated heterocycles. The molecule has 1 aliphatic carbocycles. The summed E-state index contributed by atoms with van der Waals surface area (Å²) in [4.78, 5) is 34.7. The van der Waals surface area contributed by atoms with Gasteiger partial charge in [0.05, 0.1) is 17.2 Å². The van der Waals surface area contributed by atoms with Crippen molar-refractivity contribution in [3.05, 3.63) is 46.5 Å². The lowest BCUT2D eigenvalue weighted by atomic mass is 9.84. The summed E-state index contributed by atoms with van der Waals surface area (Å²) < 4.78 is 1.47. The van der Waals surface area contributed by atoms with E-state index >= 15 is 0 Å². The van der Waals surface area contributed by atoms with Crippen molar-refractivity contribution in [3.8, 4) is 0 Å². The quantitative estimate of drug-likeness (QED) is 0.641. The maximum absolute atomic E-state index is 13.1. The number of hydrogen-bond donors (Lipinski definition) is 2. The number of amides is 1. The monoisotopic (exact) mass is 397 g/mol. The van der Waals surface area contributed by atoms with Crippen molar-refractivity contribution in [2.45, 2.75) is 44.6 Å². The first-order valence-electron chi connectivity index (χ1n) is 9.58. The summed E-state index contributed by atoms with van der Waals surface area (Å²) in [5, 5.41) is 5.66. The summed E-state index contributed by atoms with van der Waals surface area (Å²) in [6.45, 7) is 0. The number of nitrogens with one attached hydrogen (secondary N) is 1. The highest BCUT2D eigenvalue weighted by atomic mass is 32.1. The van der Waals surface area contributed by atoms with Gasteiger partial charge in [0.2, 0.25) is 5.91 Å². The first-order valence-corrected chi connectivity index (χ1v) is 10.5. The van der Waals surface area contributed by atoms with E-state index in [0.29, 0.717) is 34.1 Å². The second-order valence-electron chi connectivity index (χ2n) is 7.32. The number of rotatable bonds is 5. The molecule has 0 radical (unpaired) electrons. The molecule has 0 spiro atoms. The van der Waals surface area contributed by atoms with Crippen LogP contribution in [-0.4, -0.2) is 20.4 Å². The molecule has 4 rings (SSSR count). The number of anilines is 2. The molecule has 2 heterocycles. The largest absolute Gasteiger partial charge is 0.399 e. The van der Waals surface area contributed by atoms with E-state index in [1.807, 2.05) is 0 Å². The molecular formula is C20H23N5O2S. The fourth-order valence-corrected chi connectivity index (χ4v) is 4.47. The molecule has 3 N–H and O–H groups in total. The molecule has 1 aliphatic rings. The fraction of sp³-hybridized carbons (Fsp3) is 0.400. The van der Waals surface area contributed by atoms with Gasteiger partial charge in [-0.2, -0.15) is 0 Å². The summed E-state index contributed by atoms with van der Waals surface area (Å²) >= 11 is 1.36. The lowest BCUT2D eigenvalue weighted by Crippen LogP contribution is -2.35. The van der Waals surface area contributed by atoms with Gasteiger partial charge in [0.25, 0.3) is 5.56 Å². The van der Waals surface area contributed by atoms with Crippen LogP contribution >= 0.6 is 11.3 Å². The van der Waals surface area contributed by atoms with Crippen molar-refractivity contribution in [1.29, 1.82) is 0 Å². The zero-order valence-corrected chi connectivity index (χ0v) is 16.3. The van der Waals surface area contributed by atoms with Crippen LogP contribution in [0.15, 0.2) is 40.9 Å². The Labute approximate surface area is 166 Å². The van der Waals surface area contributed by atoms with Crippen molar-refractivity contribution < 1.29 is 4.79 Å². The minimum Gasteiger partial charge on any atom is -0.399 e. The maximum atomic E-state index is 13.1. The fourth-order valence-electron chi connectivity index (χ4n) is 3.93. The van der Waals surface area contributed by atoms with E-state index in [2.05, 4.69) is 15.3 Å². The van der Waals surface area contributed by atoms with Gasteiger partial charge in [-0.05, 0) is 30.5 Å². The number of nitrogens with zero attached hydrogens (tertiary/aromatic N) is 3. The van der Waals surface area contributed by atoms with E-state index < -0.39 is 6.04 Å². The molecule has 3 aromatic rings. The minimum absolute atomic E-state index is 0.222. The van der Waals surface area contributed by atoms with Gasteiger partial charge in [-0.15, -0.1) is 11.3 Å². The van der Waals surface area contributed by atoms with Crippen molar-refractivity contribution in [1.82, 2.24) is 14.5 Å². The number of carbonyl (C=O) groups excluding carboxylic acids is 1. The normalized spacial score (nSPS) is 16.1. The van der Waals surface area contributed by atoms with Gasteiger partial charge < -0.3 is 11.1 Å². The molecule has 0 bridgehead atoms. The number of fused-ring (bicyclic) bond motifs is 1. The predicted octanol–water partition coefficient (Wildman–Crippen LogP) is 3.59. The van der Waals surface area contributed by atoms with Gasteiger partial charge in [0.15, 0.2) is 5.13 Å². The standard InChI is InChI=1S/C20H23N5O2S/c21-14-6-7-15-16(11-14)23-12-25(19(15)27)17(10-13-4-2-1-3-5-13)18(26)24-20-22-8-9-28-20/h6-9,11-13,17H,1-5,10,21H2,(H,22,24,26). The van der Waals surface area contributed by atoms with Gasteiger partial charge in [-0.25, -0.2) is 9.97 Å². The van der Waals surface area contributed by atoms with Crippen LogP contribution in [0, 0.1) is 5.92 Å². The maximum Gasteiger partial charge on any atom is 0.261 e. The molecule has 1 amide bonds. The average molecular weight is 398 g/mol. The zero-order chi connectivity index (χ0) is 19.5. The molecule has 28 heavy (non-hydrogen) atoms. The Bertz CT molecular complexity index is 1020. The Hall–Kier alpha value is -2.74. The highest BCUT2D eigenvalue weighted by molar-refractivity contribution is 7.13. The molecule has 1 aromatic carbocycles. The van der Waals surface area contributed by atoms with E-state index in [1.165, 1.54) is 41.5 Å². The smallest absolute Gasteiger partial charge is 0.261 e.